The first-order chi connectivity index (χ1) is 23.3. The molecule has 8 nitrogen and oxygen atoms in total. The van der Waals surface area contributed by atoms with Crippen molar-refractivity contribution in [3.8, 4) is 22.9 Å². The molecule has 5 fully saturated rings. The van der Waals surface area contributed by atoms with Gasteiger partial charge in [-0.1, -0.05) is 13.0 Å². The highest BCUT2D eigenvalue weighted by Gasteiger charge is 2.48. The molecule has 4 atom stereocenters. The summed E-state index contributed by atoms with van der Waals surface area (Å²) in [5.41, 5.74) is -0.00477. The van der Waals surface area contributed by atoms with Crippen LogP contribution in [0.25, 0.3) is 32.8 Å². The van der Waals surface area contributed by atoms with E-state index >= 15 is 13.2 Å². The Bertz CT molecular complexity index is 1910. The van der Waals surface area contributed by atoms with Crippen molar-refractivity contribution < 1.29 is 27.8 Å². The summed E-state index contributed by atoms with van der Waals surface area (Å²) in [7, 11) is 0. The van der Waals surface area contributed by atoms with Crippen molar-refractivity contribution in [3.63, 3.8) is 0 Å². The minimum absolute atomic E-state index is 0.000262. The molecule has 2 bridgehead atoms. The summed E-state index contributed by atoms with van der Waals surface area (Å²) in [4.78, 5) is 14.1. The molecule has 48 heavy (non-hydrogen) atoms. The summed E-state index contributed by atoms with van der Waals surface area (Å²) in [5, 5.41) is 15.3. The SMILES string of the molecule is CCc1c(F)ccc2cc(O)cc(-c3c(F)cc4c(N5CC6CCC(C5)N6)nc(OCC5(CN6C[C@H]7COC[C@H]7C6)CC5)nc4c3F)c12. The van der Waals surface area contributed by atoms with Gasteiger partial charge in [0, 0.05) is 67.4 Å². The molecule has 4 aromatic rings. The first-order valence-electron chi connectivity index (χ1n) is 17.4. The molecule has 2 N–H and O–H groups in total. The van der Waals surface area contributed by atoms with Crippen LogP contribution in [0.5, 0.6) is 11.8 Å². The number of hydrogen-bond donors (Lipinski definition) is 2. The highest BCUT2D eigenvalue weighted by molar-refractivity contribution is 6.03. The zero-order valence-electron chi connectivity index (χ0n) is 27.1. The maximum absolute atomic E-state index is 17.0. The van der Waals surface area contributed by atoms with Crippen LogP contribution >= 0.6 is 0 Å². The van der Waals surface area contributed by atoms with E-state index in [1.807, 2.05) is 0 Å². The number of aromatic nitrogens is 2. The van der Waals surface area contributed by atoms with E-state index in [1.54, 1.807) is 6.92 Å². The van der Waals surface area contributed by atoms with Crippen molar-refractivity contribution in [1.29, 1.82) is 0 Å². The Hall–Kier alpha value is -3.67. The molecular formula is C37H40F3N5O3. The fourth-order valence-electron chi connectivity index (χ4n) is 8.86. The molecular weight excluding hydrogens is 619 g/mol. The number of rotatable bonds is 8. The molecule has 11 heteroatoms. The van der Waals surface area contributed by atoms with Crippen molar-refractivity contribution in [2.45, 2.75) is 51.1 Å². The van der Waals surface area contributed by atoms with Gasteiger partial charge in [-0.25, -0.2) is 13.2 Å². The number of aryl methyl sites for hydroxylation is 1. The van der Waals surface area contributed by atoms with Gasteiger partial charge in [0.25, 0.3) is 0 Å². The van der Waals surface area contributed by atoms with Crippen LogP contribution in [0.2, 0.25) is 0 Å². The first kappa shape index (κ1) is 30.4. The van der Waals surface area contributed by atoms with Crippen LogP contribution in [0, 0.1) is 34.7 Å². The van der Waals surface area contributed by atoms with Crippen molar-refractivity contribution in [2.75, 3.05) is 57.4 Å². The second-order valence-electron chi connectivity index (χ2n) is 14.8. The predicted molar refractivity (Wildman–Crippen MR) is 177 cm³/mol. The third-order valence-corrected chi connectivity index (χ3v) is 11.5. The Kier molecular flexibility index (Phi) is 7.25. The number of nitrogens with zero attached hydrogens (tertiary/aromatic N) is 4. The molecule has 9 rings (SSSR count). The summed E-state index contributed by atoms with van der Waals surface area (Å²) < 4.78 is 60.3. The van der Waals surface area contributed by atoms with E-state index in [-0.39, 0.29) is 51.3 Å². The average Bonchev–Trinajstić information content (AvgIpc) is 3.31. The molecule has 0 amide bonds. The van der Waals surface area contributed by atoms with E-state index in [0.29, 0.717) is 60.1 Å². The Balaban J connectivity index is 1.12. The fraction of sp³-hybridized carbons (Fsp3) is 0.514. The molecule has 0 spiro atoms. The molecule has 1 aromatic heterocycles. The molecule has 5 aliphatic rings. The van der Waals surface area contributed by atoms with Crippen molar-refractivity contribution in [2.24, 2.45) is 17.3 Å². The van der Waals surface area contributed by atoms with Gasteiger partial charge in [-0.15, -0.1) is 0 Å². The van der Waals surface area contributed by atoms with Gasteiger partial charge in [0.2, 0.25) is 0 Å². The number of fused-ring (bicyclic) bond motifs is 5. The largest absolute Gasteiger partial charge is 0.508 e. The maximum Gasteiger partial charge on any atom is 0.319 e. The number of anilines is 1. The van der Waals surface area contributed by atoms with Crippen molar-refractivity contribution in [1.82, 2.24) is 20.2 Å². The number of aromatic hydroxyl groups is 1. The smallest absolute Gasteiger partial charge is 0.319 e. The first-order valence-corrected chi connectivity index (χ1v) is 17.4. The van der Waals surface area contributed by atoms with Crippen molar-refractivity contribution >= 4 is 27.5 Å². The molecule has 4 saturated heterocycles. The molecule has 5 heterocycles. The molecule has 252 valence electrons. The summed E-state index contributed by atoms with van der Waals surface area (Å²) in [5.74, 6) is -0.684. The van der Waals surface area contributed by atoms with Gasteiger partial charge in [0.1, 0.15) is 28.7 Å². The molecule has 4 aliphatic heterocycles. The number of benzene rings is 3. The number of likely N-dealkylation sites (tertiary alicyclic amines) is 1. The second-order valence-corrected chi connectivity index (χ2v) is 14.8. The number of phenols is 1. The lowest BCUT2D eigenvalue weighted by Crippen LogP contribution is -2.51. The quantitative estimate of drug-likeness (QED) is 0.245. The van der Waals surface area contributed by atoms with Crippen LogP contribution in [-0.4, -0.2) is 84.6 Å². The van der Waals surface area contributed by atoms with Gasteiger partial charge in [0.05, 0.1) is 25.4 Å². The highest BCUT2D eigenvalue weighted by atomic mass is 19.1. The van der Waals surface area contributed by atoms with Crippen LogP contribution in [-0.2, 0) is 11.2 Å². The Morgan fingerprint density at radius 1 is 0.979 bits per heavy atom. The van der Waals surface area contributed by atoms with Crippen LogP contribution < -0.4 is 15.0 Å². The standard InChI is InChI=1S/C37H40F3N5O3/c1-2-26-29(38)6-3-20-9-25(46)10-27(31(20)26)32-30(39)11-28-34(33(32)40)42-36(43-35(28)45-14-23-4-5-24(15-45)41-23)48-19-37(7-8-37)18-44-12-21-16-47-17-22(21)13-44/h3,6,9-11,21-24,41,46H,2,4-5,7-8,12-19H2,1H3/t21-,22+,23?,24?. The van der Waals surface area contributed by atoms with Gasteiger partial charge < -0.3 is 29.7 Å². The van der Waals surface area contributed by atoms with Crippen LogP contribution in [0.15, 0.2) is 30.3 Å². The average molecular weight is 660 g/mol. The molecule has 3 aromatic carbocycles. The van der Waals surface area contributed by atoms with E-state index in [2.05, 4.69) is 20.1 Å². The van der Waals surface area contributed by atoms with Gasteiger partial charge in [-0.2, -0.15) is 9.97 Å². The van der Waals surface area contributed by atoms with E-state index in [4.69, 9.17) is 14.5 Å². The lowest BCUT2D eigenvalue weighted by Gasteiger charge is -2.34. The van der Waals surface area contributed by atoms with E-state index < -0.39 is 17.5 Å². The molecule has 1 saturated carbocycles. The second kappa shape index (κ2) is 11.5. The zero-order chi connectivity index (χ0) is 32.7. The van der Waals surface area contributed by atoms with Gasteiger partial charge in [-0.05, 0) is 78.3 Å². The highest BCUT2D eigenvalue weighted by Crippen LogP contribution is 2.48. The summed E-state index contributed by atoms with van der Waals surface area (Å²) in [6.07, 6.45) is 4.47. The zero-order valence-corrected chi connectivity index (χ0v) is 27.1. The van der Waals surface area contributed by atoms with Crippen LogP contribution in [0.3, 0.4) is 0 Å². The molecule has 1 aliphatic carbocycles. The lowest BCUT2D eigenvalue weighted by molar-refractivity contribution is 0.131. The Morgan fingerprint density at radius 3 is 2.44 bits per heavy atom. The lowest BCUT2D eigenvalue weighted by atomic mass is 9.91. The Morgan fingerprint density at radius 2 is 1.73 bits per heavy atom. The fourth-order valence-corrected chi connectivity index (χ4v) is 8.86. The van der Waals surface area contributed by atoms with Gasteiger partial charge >= 0.3 is 6.01 Å². The normalized spacial score (nSPS) is 26.1. The summed E-state index contributed by atoms with van der Waals surface area (Å²) in [6.45, 7) is 8.24. The monoisotopic (exact) mass is 659 g/mol. The minimum Gasteiger partial charge on any atom is -0.508 e. The van der Waals surface area contributed by atoms with Crippen LogP contribution in [0.4, 0.5) is 19.0 Å². The van der Waals surface area contributed by atoms with E-state index in [9.17, 15) is 5.11 Å². The number of phenolic OH excluding ortho intramolecular Hbond substituents is 1. The summed E-state index contributed by atoms with van der Waals surface area (Å²) in [6, 6.07) is 7.52. The summed E-state index contributed by atoms with van der Waals surface area (Å²) >= 11 is 0. The number of halogens is 3. The Labute approximate surface area is 277 Å². The third-order valence-electron chi connectivity index (χ3n) is 11.5. The number of hydrogen-bond acceptors (Lipinski definition) is 8. The predicted octanol–water partition coefficient (Wildman–Crippen LogP) is 5.81. The topological polar surface area (TPSA) is 83.0 Å². The number of ether oxygens (including phenoxy) is 2. The van der Waals surface area contributed by atoms with Crippen LogP contribution in [0.1, 0.15) is 38.2 Å². The third kappa shape index (κ3) is 5.16. The van der Waals surface area contributed by atoms with Crippen molar-refractivity contribution in [3.05, 3.63) is 53.3 Å². The van der Waals surface area contributed by atoms with E-state index in [0.717, 1.165) is 58.5 Å². The van der Waals surface area contributed by atoms with Gasteiger partial charge in [-0.3, -0.25) is 0 Å². The van der Waals surface area contributed by atoms with Gasteiger partial charge in [0.15, 0.2) is 5.82 Å². The number of nitrogens with one attached hydrogen (secondary N) is 1. The van der Waals surface area contributed by atoms with E-state index in [1.165, 1.54) is 30.3 Å². The number of piperazine rings is 1. The maximum atomic E-state index is 17.0. The minimum atomic E-state index is -0.887. The molecule has 0 radical (unpaired) electrons. The molecule has 2 unspecified atom stereocenters.